The van der Waals surface area contributed by atoms with Gasteiger partial charge in [0, 0.05) is 10.6 Å². The summed E-state index contributed by atoms with van der Waals surface area (Å²) in [6, 6.07) is 26.4. The van der Waals surface area contributed by atoms with Crippen LogP contribution in [0.5, 0.6) is 0 Å². The maximum atomic E-state index is 14.3. The summed E-state index contributed by atoms with van der Waals surface area (Å²) in [6.07, 6.45) is 0.348. The van der Waals surface area contributed by atoms with Crippen LogP contribution in [0.2, 0.25) is 0 Å². The molecule has 1 unspecified atom stereocenters. The minimum absolute atomic E-state index is 0.103. The first-order valence-corrected chi connectivity index (χ1v) is 12.9. The first-order valence-electron chi connectivity index (χ1n) is 9.62. The van der Waals surface area contributed by atoms with Gasteiger partial charge >= 0.3 is 0 Å². The fourth-order valence-electron chi connectivity index (χ4n) is 3.23. The van der Waals surface area contributed by atoms with E-state index >= 15 is 0 Å². The third-order valence-electron chi connectivity index (χ3n) is 4.70. The largest absolute Gasteiger partial charge is 0.296 e. The van der Waals surface area contributed by atoms with E-state index in [-0.39, 0.29) is 10.8 Å². The molecule has 29 heavy (non-hydrogen) atoms. The van der Waals surface area contributed by atoms with E-state index in [1.54, 1.807) is 54.6 Å². The molecule has 0 radical (unpaired) electrons. The van der Waals surface area contributed by atoms with Crippen molar-refractivity contribution in [2.24, 2.45) is 5.92 Å². The molecule has 0 aliphatic heterocycles. The molecule has 0 saturated carbocycles. The summed E-state index contributed by atoms with van der Waals surface area (Å²) in [4.78, 5) is 0.228. The van der Waals surface area contributed by atoms with E-state index in [0.717, 1.165) is 0 Å². The molecule has 0 saturated heterocycles. The molecule has 0 bridgehead atoms. The summed E-state index contributed by atoms with van der Waals surface area (Å²) >= 11 is 0. The third kappa shape index (κ3) is 4.87. The Hall–Kier alpha value is -2.20. The molecule has 0 aliphatic rings. The van der Waals surface area contributed by atoms with E-state index in [1.165, 1.54) is 0 Å². The van der Waals surface area contributed by atoms with Gasteiger partial charge in [-0.1, -0.05) is 68.4 Å². The van der Waals surface area contributed by atoms with Crippen LogP contribution >= 0.6 is 7.29 Å². The van der Waals surface area contributed by atoms with Crippen LogP contribution in [0.4, 0.5) is 0 Å². The Balaban J connectivity index is 2.11. The average molecular weight is 428 g/mol. The number of rotatable bonds is 8. The molecule has 4 nitrogen and oxygen atoms in total. The normalized spacial score (nSPS) is 13.3. The molecule has 3 aromatic carbocycles. The highest BCUT2D eigenvalue weighted by Gasteiger charge is 2.36. The van der Waals surface area contributed by atoms with E-state index in [1.807, 2.05) is 50.2 Å². The second kappa shape index (κ2) is 9.08. The van der Waals surface area contributed by atoms with Crippen molar-refractivity contribution in [2.45, 2.75) is 30.5 Å². The van der Waals surface area contributed by atoms with Gasteiger partial charge in [-0.15, -0.1) is 0 Å². The molecule has 0 spiro atoms. The summed E-state index contributed by atoms with van der Waals surface area (Å²) in [5, 5.41) is 3.30. The van der Waals surface area contributed by atoms with Crippen LogP contribution in [0.25, 0.3) is 0 Å². The molecular weight excluding hydrogens is 401 g/mol. The van der Waals surface area contributed by atoms with Crippen molar-refractivity contribution in [2.75, 3.05) is 0 Å². The predicted molar refractivity (Wildman–Crippen MR) is 120 cm³/mol. The summed E-state index contributed by atoms with van der Waals surface area (Å²) < 4.78 is 41.2. The van der Waals surface area contributed by atoms with Crippen LogP contribution in [0.1, 0.15) is 20.3 Å². The molecule has 1 atom stereocenters. The van der Waals surface area contributed by atoms with Gasteiger partial charge in [0.25, 0.3) is 0 Å². The first-order chi connectivity index (χ1) is 13.8. The van der Waals surface area contributed by atoms with Gasteiger partial charge in [0.1, 0.15) is 5.37 Å². The van der Waals surface area contributed by atoms with Crippen LogP contribution in [-0.2, 0) is 14.4 Å². The zero-order valence-electron chi connectivity index (χ0n) is 16.6. The minimum atomic E-state index is -3.73. The second-order valence-electron chi connectivity index (χ2n) is 7.39. The van der Waals surface area contributed by atoms with Crippen molar-refractivity contribution in [3.8, 4) is 0 Å². The highest BCUT2D eigenvalue weighted by molar-refractivity contribution is 7.92. The lowest BCUT2D eigenvalue weighted by Gasteiger charge is -2.28. The Kier molecular flexibility index (Phi) is 6.74. The molecule has 0 fully saturated rings. The molecule has 152 valence electrons. The highest BCUT2D eigenvalue weighted by atomic mass is 32.2. The van der Waals surface area contributed by atoms with E-state index in [2.05, 4.69) is 5.09 Å². The van der Waals surface area contributed by atoms with E-state index in [4.69, 9.17) is 0 Å². The zero-order valence-corrected chi connectivity index (χ0v) is 18.3. The standard InChI is InChI=1S/C23H26NO3PS/c1-19(2)18-23(29(26,27)22-16-10-5-11-17-22)24-28(25,20-12-6-3-7-13-20)21-14-8-4-9-15-21/h3-17,19,23H,18H2,1-2H3,(H,24,25). The van der Waals surface area contributed by atoms with Gasteiger partial charge in [0.2, 0.25) is 7.29 Å². The van der Waals surface area contributed by atoms with Gasteiger partial charge in [0.05, 0.1) is 4.90 Å². The molecule has 6 heteroatoms. The van der Waals surface area contributed by atoms with Gasteiger partial charge in [-0.25, -0.2) is 13.5 Å². The number of benzene rings is 3. The third-order valence-corrected chi connectivity index (χ3v) is 9.59. The van der Waals surface area contributed by atoms with Crippen molar-refractivity contribution in [1.29, 1.82) is 0 Å². The highest BCUT2D eigenvalue weighted by Crippen LogP contribution is 2.41. The van der Waals surface area contributed by atoms with Gasteiger partial charge in [-0.2, -0.15) is 0 Å². The van der Waals surface area contributed by atoms with Gasteiger partial charge in [-0.3, -0.25) is 4.57 Å². The number of sulfone groups is 1. The predicted octanol–water partition coefficient (Wildman–Crippen LogP) is 4.35. The maximum absolute atomic E-state index is 14.3. The van der Waals surface area contributed by atoms with E-state index in [0.29, 0.717) is 17.0 Å². The van der Waals surface area contributed by atoms with Crippen LogP contribution in [0, 0.1) is 5.92 Å². The topological polar surface area (TPSA) is 63.2 Å². The summed E-state index contributed by atoms with van der Waals surface area (Å²) in [7, 11) is -7.11. The molecule has 0 amide bonds. The molecule has 3 aromatic rings. The quantitative estimate of drug-likeness (QED) is 0.543. The Labute approximate surface area is 173 Å². The fraction of sp³-hybridized carbons (Fsp3) is 0.217. The lowest BCUT2D eigenvalue weighted by molar-refractivity contribution is 0.506. The van der Waals surface area contributed by atoms with Crippen molar-refractivity contribution >= 4 is 27.7 Å². The second-order valence-corrected chi connectivity index (χ2v) is 12.0. The van der Waals surface area contributed by atoms with Gasteiger partial charge < -0.3 is 0 Å². The van der Waals surface area contributed by atoms with Crippen LogP contribution in [0.3, 0.4) is 0 Å². The minimum Gasteiger partial charge on any atom is -0.296 e. The monoisotopic (exact) mass is 427 g/mol. The molecule has 1 N–H and O–H groups in total. The SMILES string of the molecule is CC(C)CC(NP(=O)(c1ccccc1)c1ccccc1)S(=O)(=O)c1ccccc1. The number of hydrogen-bond donors (Lipinski definition) is 1. The first kappa shape index (κ1) is 21.5. The van der Waals surface area contributed by atoms with Gasteiger partial charge in [0.15, 0.2) is 9.84 Å². The maximum Gasteiger partial charge on any atom is 0.205 e. The average Bonchev–Trinajstić information content (AvgIpc) is 2.74. The summed E-state index contributed by atoms with van der Waals surface area (Å²) in [6.45, 7) is 3.93. The van der Waals surface area contributed by atoms with Crippen molar-refractivity contribution in [3.05, 3.63) is 91.0 Å². The van der Waals surface area contributed by atoms with E-state index in [9.17, 15) is 13.0 Å². The Morgan fingerprint density at radius 3 is 1.59 bits per heavy atom. The van der Waals surface area contributed by atoms with Gasteiger partial charge in [-0.05, 0) is 48.7 Å². The Morgan fingerprint density at radius 2 is 1.17 bits per heavy atom. The molecule has 0 aliphatic carbocycles. The summed E-state index contributed by atoms with van der Waals surface area (Å²) in [5.41, 5.74) is 0. The Morgan fingerprint density at radius 1 is 0.759 bits per heavy atom. The number of hydrogen-bond acceptors (Lipinski definition) is 3. The molecule has 0 heterocycles. The van der Waals surface area contributed by atoms with Crippen LogP contribution < -0.4 is 15.7 Å². The lowest BCUT2D eigenvalue weighted by Crippen LogP contribution is -2.41. The van der Waals surface area contributed by atoms with Crippen molar-refractivity contribution in [3.63, 3.8) is 0 Å². The molecular formula is C23H26NO3PS. The van der Waals surface area contributed by atoms with E-state index < -0.39 is 22.5 Å². The molecule has 0 aromatic heterocycles. The van der Waals surface area contributed by atoms with Crippen molar-refractivity contribution in [1.82, 2.24) is 5.09 Å². The fourth-order valence-corrected chi connectivity index (χ4v) is 8.02. The summed E-state index contributed by atoms with van der Waals surface area (Å²) in [5.74, 6) is 0.103. The van der Waals surface area contributed by atoms with Crippen LogP contribution in [0.15, 0.2) is 95.9 Å². The molecule has 3 rings (SSSR count). The lowest BCUT2D eigenvalue weighted by atomic mass is 10.1. The smallest absolute Gasteiger partial charge is 0.205 e. The number of nitrogens with one attached hydrogen (secondary N) is 1. The zero-order chi connectivity index (χ0) is 20.9. The van der Waals surface area contributed by atoms with Crippen LogP contribution in [-0.4, -0.2) is 13.8 Å². The van der Waals surface area contributed by atoms with Crippen molar-refractivity contribution < 1.29 is 13.0 Å². The Bertz CT molecular complexity index is 1030.